The first-order chi connectivity index (χ1) is 6.72. The summed E-state index contributed by atoms with van der Waals surface area (Å²) in [4.78, 5) is 0. The van der Waals surface area contributed by atoms with Gasteiger partial charge in [0.15, 0.2) is 5.22 Å². The molecule has 4 heteroatoms. The molecule has 0 radical (unpaired) electrons. The molecule has 0 amide bonds. The van der Waals surface area contributed by atoms with Crippen LogP contribution in [0, 0.1) is 0 Å². The lowest BCUT2D eigenvalue weighted by atomic mass is 10.3. The van der Waals surface area contributed by atoms with Gasteiger partial charge in [0.25, 0.3) is 0 Å². The highest BCUT2D eigenvalue weighted by Gasteiger charge is 2.02. The Balaban J connectivity index is 2.20. The molecule has 1 rings (SSSR count). The molecule has 0 spiro atoms. The molecular weight excluding hydrogens is 200 g/mol. The number of likely N-dealkylation sites (N-methyl/N-ethyl adjacent to an activating group) is 1. The summed E-state index contributed by atoms with van der Waals surface area (Å²) in [6.45, 7) is 6.91. The van der Waals surface area contributed by atoms with Crippen molar-refractivity contribution in [1.29, 1.82) is 0 Å². The predicted octanol–water partition coefficient (Wildman–Crippen LogP) is 2.02. The lowest BCUT2D eigenvalue weighted by molar-refractivity contribution is 0.445. The number of halogens is 1. The first-order valence-corrected chi connectivity index (χ1v) is 5.28. The number of furan rings is 1. The van der Waals surface area contributed by atoms with Gasteiger partial charge in [0.1, 0.15) is 5.76 Å². The van der Waals surface area contributed by atoms with E-state index in [1.807, 2.05) is 6.07 Å². The first-order valence-electron chi connectivity index (χ1n) is 4.90. The standard InChI is InChI=1S/C10H17ClN2O/c1-3-12-6-8(2)13-7-9-4-5-10(11)14-9/h4-5,8,12-13H,3,6-7H2,1-2H3. The van der Waals surface area contributed by atoms with Crippen LogP contribution in [0.15, 0.2) is 16.5 Å². The van der Waals surface area contributed by atoms with Gasteiger partial charge in [0.2, 0.25) is 0 Å². The molecule has 2 N–H and O–H groups in total. The Kier molecular flexibility index (Phi) is 5.01. The van der Waals surface area contributed by atoms with E-state index in [0.29, 0.717) is 11.3 Å². The van der Waals surface area contributed by atoms with Crippen LogP contribution in [0.25, 0.3) is 0 Å². The Labute approximate surface area is 89.8 Å². The molecule has 1 heterocycles. The summed E-state index contributed by atoms with van der Waals surface area (Å²) >= 11 is 5.65. The molecule has 1 aromatic rings. The smallest absolute Gasteiger partial charge is 0.193 e. The fraction of sp³-hybridized carbons (Fsp3) is 0.600. The zero-order valence-corrected chi connectivity index (χ0v) is 9.40. The number of hydrogen-bond donors (Lipinski definition) is 2. The van der Waals surface area contributed by atoms with E-state index in [4.69, 9.17) is 16.0 Å². The third kappa shape index (κ3) is 4.13. The Hall–Kier alpha value is -0.510. The van der Waals surface area contributed by atoms with Gasteiger partial charge in [-0.1, -0.05) is 6.92 Å². The monoisotopic (exact) mass is 216 g/mol. The van der Waals surface area contributed by atoms with E-state index in [1.165, 1.54) is 0 Å². The summed E-state index contributed by atoms with van der Waals surface area (Å²) in [5.41, 5.74) is 0. The quantitative estimate of drug-likeness (QED) is 0.764. The molecule has 0 aliphatic heterocycles. The van der Waals surface area contributed by atoms with Gasteiger partial charge >= 0.3 is 0 Å². The van der Waals surface area contributed by atoms with Crippen LogP contribution in [0.4, 0.5) is 0 Å². The van der Waals surface area contributed by atoms with Crippen LogP contribution in [-0.2, 0) is 6.54 Å². The molecule has 1 atom stereocenters. The first kappa shape index (κ1) is 11.6. The molecule has 0 aliphatic rings. The topological polar surface area (TPSA) is 37.2 Å². The van der Waals surface area contributed by atoms with Crippen molar-refractivity contribution >= 4 is 11.6 Å². The molecule has 0 aromatic carbocycles. The number of hydrogen-bond acceptors (Lipinski definition) is 3. The van der Waals surface area contributed by atoms with E-state index in [0.717, 1.165) is 25.4 Å². The van der Waals surface area contributed by atoms with E-state index in [2.05, 4.69) is 24.5 Å². The molecule has 1 unspecified atom stereocenters. The van der Waals surface area contributed by atoms with Gasteiger partial charge in [-0.15, -0.1) is 0 Å². The summed E-state index contributed by atoms with van der Waals surface area (Å²) in [5, 5.41) is 7.05. The normalized spacial score (nSPS) is 13.1. The molecule has 3 nitrogen and oxygen atoms in total. The molecule has 1 aromatic heterocycles. The van der Waals surface area contributed by atoms with Crippen LogP contribution in [0.3, 0.4) is 0 Å². The van der Waals surface area contributed by atoms with E-state index in [9.17, 15) is 0 Å². The van der Waals surface area contributed by atoms with Crippen LogP contribution in [0.1, 0.15) is 19.6 Å². The van der Waals surface area contributed by atoms with Gasteiger partial charge in [-0.05, 0) is 37.2 Å². The van der Waals surface area contributed by atoms with Crippen LogP contribution in [0.5, 0.6) is 0 Å². The van der Waals surface area contributed by atoms with E-state index >= 15 is 0 Å². The Bertz CT molecular complexity index is 262. The van der Waals surface area contributed by atoms with Crippen LogP contribution in [-0.4, -0.2) is 19.1 Å². The van der Waals surface area contributed by atoms with Crippen LogP contribution < -0.4 is 10.6 Å². The molecule has 0 saturated heterocycles. The maximum absolute atomic E-state index is 5.65. The fourth-order valence-electron chi connectivity index (χ4n) is 1.15. The van der Waals surface area contributed by atoms with Crippen LogP contribution in [0.2, 0.25) is 5.22 Å². The summed E-state index contributed by atoms with van der Waals surface area (Å²) in [7, 11) is 0. The maximum Gasteiger partial charge on any atom is 0.193 e. The van der Waals surface area contributed by atoms with E-state index < -0.39 is 0 Å². The van der Waals surface area contributed by atoms with Gasteiger partial charge in [-0.25, -0.2) is 0 Å². The second-order valence-corrected chi connectivity index (χ2v) is 3.67. The Morgan fingerprint density at radius 2 is 2.29 bits per heavy atom. The highest BCUT2D eigenvalue weighted by Crippen LogP contribution is 2.12. The fourth-order valence-corrected chi connectivity index (χ4v) is 1.32. The SMILES string of the molecule is CCNCC(C)NCc1ccc(Cl)o1. The molecule has 0 fully saturated rings. The van der Waals surface area contributed by atoms with Crippen molar-refractivity contribution in [3.05, 3.63) is 23.1 Å². The van der Waals surface area contributed by atoms with Gasteiger partial charge in [0, 0.05) is 12.6 Å². The third-order valence-electron chi connectivity index (χ3n) is 1.95. The Morgan fingerprint density at radius 1 is 1.50 bits per heavy atom. The molecule has 0 bridgehead atoms. The highest BCUT2D eigenvalue weighted by atomic mass is 35.5. The van der Waals surface area contributed by atoms with Crippen molar-refractivity contribution in [3.8, 4) is 0 Å². The summed E-state index contributed by atoms with van der Waals surface area (Å²) in [6, 6.07) is 4.07. The second kappa shape index (κ2) is 6.06. The minimum Gasteiger partial charge on any atom is -0.448 e. The van der Waals surface area contributed by atoms with Gasteiger partial charge in [0.05, 0.1) is 6.54 Å². The average molecular weight is 217 g/mol. The van der Waals surface area contributed by atoms with Crippen molar-refractivity contribution in [3.63, 3.8) is 0 Å². The van der Waals surface area contributed by atoms with Gasteiger partial charge in [-0.3, -0.25) is 0 Å². The zero-order valence-electron chi connectivity index (χ0n) is 8.64. The molecule has 14 heavy (non-hydrogen) atoms. The largest absolute Gasteiger partial charge is 0.448 e. The van der Waals surface area contributed by atoms with Crippen molar-refractivity contribution in [1.82, 2.24) is 10.6 Å². The highest BCUT2D eigenvalue weighted by molar-refractivity contribution is 6.28. The van der Waals surface area contributed by atoms with Crippen LogP contribution >= 0.6 is 11.6 Å². The third-order valence-corrected chi connectivity index (χ3v) is 2.16. The van der Waals surface area contributed by atoms with Crippen molar-refractivity contribution in [2.75, 3.05) is 13.1 Å². The zero-order chi connectivity index (χ0) is 10.4. The molecule has 80 valence electrons. The van der Waals surface area contributed by atoms with Gasteiger partial charge < -0.3 is 15.1 Å². The van der Waals surface area contributed by atoms with Gasteiger partial charge in [-0.2, -0.15) is 0 Å². The maximum atomic E-state index is 5.65. The lowest BCUT2D eigenvalue weighted by Crippen LogP contribution is -2.35. The molecule has 0 saturated carbocycles. The van der Waals surface area contributed by atoms with Crippen molar-refractivity contribution in [2.24, 2.45) is 0 Å². The summed E-state index contributed by atoms with van der Waals surface area (Å²) in [6.07, 6.45) is 0. The second-order valence-electron chi connectivity index (χ2n) is 3.30. The Morgan fingerprint density at radius 3 is 2.86 bits per heavy atom. The number of nitrogens with one attached hydrogen (secondary N) is 2. The van der Waals surface area contributed by atoms with E-state index in [1.54, 1.807) is 6.07 Å². The van der Waals surface area contributed by atoms with E-state index in [-0.39, 0.29) is 0 Å². The molecular formula is C10H17ClN2O. The summed E-state index contributed by atoms with van der Waals surface area (Å²) in [5.74, 6) is 0.873. The lowest BCUT2D eigenvalue weighted by Gasteiger charge is -2.12. The number of rotatable bonds is 6. The predicted molar refractivity (Wildman–Crippen MR) is 58.6 cm³/mol. The van der Waals surface area contributed by atoms with Crippen molar-refractivity contribution in [2.45, 2.75) is 26.4 Å². The summed E-state index contributed by atoms with van der Waals surface area (Å²) < 4.78 is 5.22. The average Bonchev–Trinajstić information content (AvgIpc) is 2.58. The minimum absolute atomic E-state index is 0.429. The molecule has 0 aliphatic carbocycles. The van der Waals surface area contributed by atoms with Crippen molar-refractivity contribution < 1.29 is 4.42 Å². The minimum atomic E-state index is 0.429.